The van der Waals surface area contributed by atoms with Gasteiger partial charge in [-0.15, -0.1) is 0 Å². The van der Waals surface area contributed by atoms with E-state index in [4.69, 9.17) is 9.47 Å². The number of fused-ring (bicyclic) bond motifs is 1. The summed E-state index contributed by atoms with van der Waals surface area (Å²) in [6.07, 6.45) is 0.791. The van der Waals surface area contributed by atoms with Gasteiger partial charge in [-0.25, -0.2) is 9.18 Å². The fraction of sp³-hybridized carbons (Fsp3) is 0.833. The van der Waals surface area contributed by atoms with Crippen LogP contribution in [0.3, 0.4) is 0 Å². The standard InChI is InChI=1S/C12H15FO4/c1-12(2,13)11(15)17-8-5-3-6-7(4-5)10(14)16-9(6)8/h5-9H,3-4H2,1-2H3. The Morgan fingerprint density at radius 1 is 1.47 bits per heavy atom. The lowest BCUT2D eigenvalue weighted by molar-refractivity contribution is -0.171. The van der Waals surface area contributed by atoms with Gasteiger partial charge in [0.05, 0.1) is 5.92 Å². The molecule has 0 aromatic rings. The minimum atomic E-state index is -2.00. The van der Waals surface area contributed by atoms with Crippen molar-refractivity contribution in [1.29, 1.82) is 0 Å². The Morgan fingerprint density at radius 2 is 2.18 bits per heavy atom. The van der Waals surface area contributed by atoms with Gasteiger partial charge in [0.2, 0.25) is 5.67 Å². The van der Waals surface area contributed by atoms with Crippen LogP contribution in [-0.4, -0.2) is 29.8 Å². The summed E-state index contributed by atoms with van der Waals surface area (Å²) in [5.41, 5.74) is -2.00. The highest BCUT2D eigenvalue weighted by Crippen LogP contribution is 2.55. The Balaban J connectivity index is 1.75. The SMILES string of the molecule is CC(C)(F)C(=O)OC1C2CC3C(=O)OC1C3C2. The van der Waals surface area contributed by atoms with E-state index in [1.54, 1.807) is 0 Å². The summed E-state index contributed by atoms with van der Waals surface area (Å²) in [6.45, 7) is 2.35. The van der Waals surface area contributed by atoms with E-state index in [0.717, 1.165) is 6.42 Å². The van der Waals surface area contributed by atoms with Crippen LogP contribution in [0.25, 0.3) is 0 Å². The average Bonchev–Trinajstić information content (AvgIpc) is 2.80. The van der Waals surface area contributed by atoms with Gasteiger partial charge >= 0.3 is 11.9 Å². The van der Waals surface area contributed by atoms with E-state index in [1.165, 1.54) is 13.8 Å². The van der Waals surface area contributed by atoms with Gasteiger partial charge < -0.3 is 9.47 Å². The van der Waals surface area contributed by atoms with Crippen LogP contribution in [0.1, 0.15) is 26.7 Å². The normalized spacial score (nSPS) is 42.8. The second-order valence-corrected chi connectivity index (χ2v) is 5.75. The van der Waals surface area contributed by atoms with Gasteiger partial charge in [0.1, 0.15) is 12.2 Å². The smallest absolute Gasteiger partial charge is 0.343 e. The Labute approximate surface area is 98.5 Å². The average molecular weight is 242 g/mol. The molecule has 4 nitrogen and oxygen atoms in total. The molecule has 0 aromatic carbocycles. The highest BCUT2D eigenvalue weighted by molar-refractivity contribution is 5.79. The molecule has 0 aromatic heterocycles. The third-order valence-electron chi connectivity index (χ3n) is 4.14. The number of carbonyl (C=O) groups is 2. The van der Waals surface area contributed by atoms with Crippen molar-refractivity contribution in [2.45, 2.75) is 44.6 Å². The van der Waals surface area contributed by atoms with Crippen molar-refractivity contribution < 1.29 is 23.5 Å². The lowest BCUT2D eigenvalue weighted by Crippen LogP contribution is -2.40. The van der Waals surface area contributed by atoms with Crippen LogP contribution in [0.2, 0.25) is 0 Å². The molecule has 1 aliphatic heterocycles. The van der Waals surface area contributed by atoms with Crippen LogP contribution in [0, 0.1) is 17.8 Å². The Kier molecular flexibility index (Phi) is 2.07. The lowest BCUT2D eigenvalue weighted by Gasteiger charge is -2.27. The van der Waals surface area contributed by atoms with Crippen LogP contribution in [0.4, 0.5) is 4.39 Å². The molecule has 1 heterocycles. The zero-order valence-corrected chi connectivity index (χ0v) is 9.81. The number of hydrogen-bond donors (Lipinski definition) is 0. The van der Waals surface area contributed by atoms with E-state index in [1.807, 2.05) is 0 Å². The Morgan fingerprint density at radius 3 is 2.82 bits per heavy atom. The van der Waals surface area contributed by atoms with Gasteiger partial charge in [0, 0.05) is 11.8 Å². The molecule has 0 radical (unpaired) electrons. The predicted molar refractivity (Wildman–Crippen MR) is 54.7 cm³/mol. The molecule has 2 saturated carbocycles. The number of halogens is 1. The highest BCUT2D eigenvalue weighted by atomic mass is 19.1. The molecule has 5 heteroatoms. The maximum absolute atomic E-state index is 13.4. The maximum atomic E-state index is 13.4. The predicted octanol–water partition coefficient (Wildman–Crippen LogP) is 1.23. The number of esters is 2. The van der Waals surface area contributed by atoms with Crippen molar-refractivity contribution in [3.63, 3.8) is 0 Å². The van der Waals surface area contributed by atoms with E-state index in [2.05, 4.69) is 0 Å². The first-order chi connectivity index (χ1) is 7.88. The molecule has 17 heavy (non-hydrogen) atoms. The van der Waals surface area contributed by atoms with Crippen LogP contribution < -0.4 is 0 Å². The highest BCUT2D eigenvalue weighted by Gasteiger charge is 2.63. The molecular weight excluding hydrogens is 227 g/mol. The van der Waals surface area contributed by atoms with Crippen molar-refractivity contribution in [3.8, 4) is 0 Å². The minimum absolute atomic E-state index is 0.0154. The Hall–Kier alpha value is -1.13. The zero-order valence-electron chi connectivity index (χ0n) is 9.81. The second kappa shape index (κ2) is 3.21. The summed E-state index contributed by atoms with van der Waals surface area (Å²) in [7, 11) is 0. The fourth-order valence-electron chi connectivity index (χ4n) is 3.33. The molecule has 2 bridgehead atoms. The van der Waals surface area contributed by atoms with Gasteiger partial charge in [-0.3, -0.25) is 4.79 Å². The Bertz CT molecular complexity index is 386. The largest absolute Gasteiger partial charge is 0.458 e. The van der Waals surface area contributed by atoms with Crippen LogP contribution in [-0.2, 0) is 19.1 Å². The molecular formula is C12H15FO4. The van der Waals surface area contributed by atoms with Gasteiger partial charge in [-0.05, 0) is 26.7 Å². The summed E-state index contributed by atoms with van der Waals surface area (Å²) in [5, 5.41) is 0. The van der Waals surface area contributed by atoms with Gasteiger partial charge in [-0.1, -0.05) is 0 Å². The van der Waals surface area contributed by atoms with E-state index < -0.39 is 17.7 Å². The van der Waals surface area contributed by atoms with Crippen molar-refractivity contribution in [2.24, 2.45) is 17.8 Å². The molecule has 0 N–H and O–H groups in total. The summed E-state index contributed by atoms with van der Waals surface area (Å²) < 4.78 is 23.8. The van der Waals surface area contributed by atoms with E-state index in [9.17, 15) is 14.0 Å². The molecule has 0 amide bonds. The van der Waals surface area contributed by atoms with Crippen LogP contribution in [0.15, 0.2) is 0 Å². The summed E-state index contributed by atoms with van der Waals surface area (Å²) in [5.74, 6) is -0.728. The minimum Gasteiger partial charge on any atom is -0.458 e. The molecule has 0 spiro atoms. The monoisotopic (exact) mass is 242 g/mol. The van der Waals surface area contributed by atoms with E-state index >= 15 is 0 Å². The third kappa shape index (κ3) is 1.47. The van der Waals surface area contributed by atoms with Gasteiger partial charge in [0.15, 0.2) is 0 Å². The van der Waals surface area contributed by atoms with Crippen molar-refractivity contribution in [3.05, 3.63) is 0 Å². The molecule has 5 unspecified atom stereocenters. The summed E-state index contributed by atoms with van der Waals surface area (Å²) >= 11 is 0. The zero-order chi connectivity index (χ0) is 12.4. The van der Waals surface area contributed by atoms with Gasteiger partial charge in [0.25, 0.3) is 0 Å². The summed E-state index contributed by atoms with van der Waals surface area (Å²) in [4.78, 5) is 23.0. The first-order valence-corrected chi connectivity index (χ1v) is 5.98. The topological polar surface area (TPSA) is 52.6 Å². The van der Waals surface area contributed by atoms with E-state index in [-0.39, 0.29) is 29.8 Å². The van der Waals surface area contributed by atoms with Crippen molar-refractivity contribution >= 4 is 11.9 Å². The molecule has 3 rings (SSSR count). The molecule has 3 fully saturated rings. The second-order valence-electron chi connectivity index (χ2n) is 5.75. The summed E-state index contributed by atoms with van der Waals surface area (Å²) in [6, 6.07) is 0. The fourth-order valence-corrected chi connectivity index (χ4v) is 3.33. The van der Waals surface area contributed by atoms with E-state index in [0.29, 0.717) is 6.42 Å². The molecule has 94 valence electrons. The maximum Gasteiger partial charge on any atom is 0.343 e. The lowest BCUT2D eigenvalue weighted by atomic mass is 9.88. The van der Waals surface area contributed by atoms with Crippen molar-refractivity contribution in [2.75, 3.05) is 0 Å². The number of alkyl halides is 1. The number of hydrogen-bond acceptors (Lipinski definition) is 4. The van der Waals surface area contributed by atoms with Crippen LogP contribution in [0.5, 0.6) is 0 Å². The van der Waals surface area contributed by atoms with Gasteiger partial charge in [-0.2, -0.15) is 0 Å². The van der Waals surface area contributed by atoms with Crippen LogP contribution >= 0.6 is 0 Å². The van der Waals surface area contributed by atoms with Crippen molar-refractivity contribution in [1.82, 2.24) is 0 Å². The number of ether oxygens (including phenoxy) is 2. The number of carbonyl (C=O) groups excluding carboxylic acids is 2. The first-order valence-electron chi connectivity index (χ1n) is 5.98. The molecule has 1 saturated heterocycles. The third-order valence-corrected chi connectivity index (χ3v) is 4.14. The molecule has 2 aliphatic carbocycles. The molecule has 5 atom stereocenters. The molecule has 3 aliphatic rings. The number of rotatable bonds is 2. The quantitative estimate of drug-likeness (QED) is 0.683. The first kappa shape index (κ1) is 11.0.